The van der Waals surface area contributed by atoms with Crippen LogP contribution >= 0.6 is 7.82 Å². The number of phosphoric acid groups is 1. The summed E-state index contributed by atoms with van der Waals surface area (Å²) in [5.74, 6) is -2.43. The number of carboxylic acid groups (broad SMARTS) is 1. The molecule has 0 aliphatic carbocycles. The van der Waals surface area contributed by atoms with Gasteiger partial charge in [0.25, 0.3) is 0 Å². The molecule has 0 heterocycles. The van der Waals surface area contributed by atoms with Crippen molar-refractivity contribution in [3.8, 4) is 0 Å². The van der Waals surface area contributed by atoms with Crippen molar-refractivity contribution in [1.29, 1.82) is 0 Å². The highest BCUT2D eigenvalue weighted by Crippen LogP contribution is 2.43. The standard InChI is InChI=1S/C37H66NO10P/c1-3-5-7-9-11-13-15-16-17-18-19-21-22-24-26-28-35(39)45-30-33(31-46-49(43,44)47-32-34(38)37(41)42)48-36(40)29-27-25-23-20-14-12-10-8-6-4-2/h11,13,16-17,19,21,33-34H,3-10,12,14-15,18,20,22-32,38H2,1-2H3,(H,41,42)(H,43,44)/b13-11+,17-16+,21-19+/t33-,34+/m0/s1. The lowest BCUT2D eigenvalue weighted by molar-refractivity contribution is -0.161. The summed E-state index contributed by atoms with van der Waals surface area (Å²) in [7, 11) is -4.71. The van der Waals surface area contributed by atoms with E-state index in [0.29, 0.717) is 12.8 Å². The van der Waals surface area contributed by atoms with E-state index in [1.807, 2.05) is 0 Å². The number of aliphatic carboxylic acids is 1. The van der Waals surface area contributed by atoms with Crippen LogP contribution < -0.4 is 5.73 Å². The van der Waals surface area contributed by atoms with Gasteiger partial charge in [0.2, 0.25) is 0 Å². The molecule has 0 bridgehead atoms. The van der Waals surface area contributed by atoms with E-state index >= 15 is 0 Å². The molecule has 0 aromatic carbocycles. The van der Waals surface area contributed by atoms with E-state index < -0.39 is 51.1 Å². The highest BCUT2D eigenvalue weighted by molar-refractivity contribution is 7.47. The highest BCUT2D eigenvalue weighted by atomic mass is 31.2. The Hall–Kier alpha value is -2.30. The molecule has 0 aliphatic rings. The van der Waals surface area contributed by atoms with Gasteiger partial charge >= 0.3 is 25.7 Å². The molecule has 0 fully saturated rings. The fourth-order valence-corrected chi connectivity index (χ4v) is 5.44. The number of carbonyl (C=O) groups is 3. The Bertz CT molecular complexity index is 984. The maximum Gasteiger partial charge on any atom is 0.472 e. The van der Waals surface area contributed by atoms with E-state index in [-0.39, 0.29) is 19.4 Å². The van der Waals surface area contributed by atoms with Crippen LogP contribution in [0.3, 0.4) is 0 Å². The molecular formula is C37H66NO10P. The van der Waals surface area contributed by atoms with Gasteiger partial charge in [-0.05, 0) is 51.4 Å². The molecule has 0 saturated carbocycles. The second-order valence-corrected chi connectivity index (χ2v) is 13.8. The first kappa shape index (κ1) is 46.7. The van der Waals surface area contributed by atoms with Gasteiger partial charge in [0.15, 0.2) is 6.10 Å². The maximum absolute atomic E-state index is 12.5. The molecule has 11 nitrogen and oxygen atoms in total. The minimum Gasteiger partial charge on any atom is -0.480 e. The first-order valence-corrected chi connectivity index (χ1v) is 20.0. The number of hydrogen-bond acceptors (Lipinski definition) is 9. The summed E-state index contributed by atoms with van der Waals surface area (Å²) in [5.41, 5.74) is 5.30. The molecule has 0 radical (unpaired) electrons. The average Bonchev–Trinajstić information content (AvgIpc) is 3.07. The van der Waals surface area contributed by atoms with Gasteiger partial charge in [-0.3, -0.25) is 23.4 Å². The van der Waals surface area contributed by atoms with Crippen LogP contribution in [0.5, 0.6) is 0 Å². The van der Waals surface area contributed by atoms with E-state index in [1.165, 1.54) is 57.8 Å². The van der Waals surface area contributed by atoms with E-state index in [0.717, 1.165) is 51.4 Å². The first-order chi connectivity index (χ1) is 23.6. The van der Waals surface area contributed by atoms with Crippen molar-refractivity contribution in [2.75, 3.05) is 19.8 Å². The Morgan fingerprint density at radius 3 is 1.65 bits per heavy atom. The van der Waals surface area contributed by atoms with Crippen LogP contribution in [0.4, 0.5) is 0 Å². The molecule has 12 heteroatoms. The summed E-state index contributed by atoms with van der Waals surface area (Å²) < 4.78 is 32.4. The van der Waals surface area contributed by atoms with Crippen LogP contribution in [0.1, 0.15) is 149 Å². The topological polar surface area (TPSA) is 172 Å². The number of nitrogens with two attached hydrogens (primary N) is 1. The molecule has 4 N–H and O–H groups in total. The van der Waals surface area contributed by atoms with Gasteiger partial charge in [-0.2, -0.15) is 0 Å². The van der Waals surface area contributed by atoms with Gasteiger partial charge in [-0.25, -0.2) is 4.57 Å². The Morgan fingerprint density at radius 1 is 0.633 bits per heavy atom. The number of carboxylic acids is 1. The number of rotatable bonds is 34. The average molecular weight is 716 g/mol. The highest BCUT2D eigenvalue weighted by Gasteiger charge is 2.28. The van der Waals surface area contributed by atoms with Crippen molar-refractivity contribution in [1.82, 2.24) is 0 Å². The lowest BCUT2D eigenvalue weighted by Crippen LogP contribution is -2.34. The van der Waals surface area contributed by atoms with E-state index in [4.69, 9.17) is 24.8 Å². The normalized spacial score (nSPS) is 14.4. The molecule has 0 rings (SSSR count). The zero-order valence-corrected chi connectivity index (χ0v) is 31.2. The molecule has 0 aliphatic heterocycles. The van der Waals surface area contributed by atoms with Crippen LogP contribution in [0.2, 0.25) is 0 Å². The number of hydrogen-bond donors (Lipinski definition) is 3. The first-order valence-electron chi connectivity index (χ1n) is 18.5. The Labute approximate surface area is 295 Å². The Morgan fingerprint density at radius 2 is 1.08 bits per heavy atom. The van der Waals surface area contributed by atoms with Gasteiger partial charge in [0.05, 0.1) is 13.2 Å². The van der Waals surface area contributed by atoms with Crippen molar-refractivity contribution >= 4 is 25.7 Å². The number of carbonyl (C=O) groups excluding carboxylic acids is 2. The largest absolute Gasteiger partial charge is 0.480 e. The number of allylic oxidation sites excluding steroid dienone is 6. The number of phosphoric ester groups is 1. The Kier molecular flexibility index (Phi) is 31.3. The van der Waals surface area contributed by atoms with Crippen molar-refractivity contribution in [3.05, 3.63) is 36.5 Å². The summed E-state index contributed by atoms with van der Waals surface area (Å²) in [6, 6.07) is -1.52. The molecular weight excluding hydrogens is 649 g/mol. The fourth-order valence-electron chi connectivity index (χ4n) is 4.66. The van der Waals surface area contributed by atoms with Crippen LogP contribution in [0, 0.1) is 0 Å². The minimum atomic E-state index is -4.71. The van der Waals surface area contributed by atoms with Gasteiger partial charge in [-0.1, -0.05) is 121 Å². The van der Waals surface area contributed by atoms with Crippen molar-refractivity contribution in [2.24, 2.45) is 5.73 Å². The lowest BCUT2D eigenvalue weighted by atomic mass is 10.1. The number of unbranched alkanes of at least 4 members (excludes halogenated alkanes) is 14. The molecule has 0 aromatic heterocycles. The predicted octanol–water partition coefficient (Wildman–Crippen LogP) is 8.89. The molecule has 0 spiro atoms. The van der Waals surface area contributed by atoms with Crippen LogP contribution in [-0.2, 0) is 37.5 Å². The third-order valence-corrected chi connectivity index (χ3v) is 8.59. The van der Waals surface area contributed by atoms with Crippen LogP contribution in [-0.4, -0.2) is 59.9 Å². The van der Waals surface area contributed by atoms with Gasteiger partial charge in [0.1, 0.15) is 12.6 Å². The van der Waals surface area contributed by atoms with Gasteiger partial charge in [0, 0.05) is 12.8 Å². The summed E-state index contributed by atoms with van der Waals surface area (Å²) in [5, 5.41) is 8.84. The molecule has 284 valence electrons. The molecule has 0 saturated heterocycles. The Balaban J connectivity index is 4.51. The fraction of sp³-hybridized carbons (Fsp3) is 0.757. The summed E-state index contributed by atoms with van der Waals surface area (Å²) >= 11 is 0. The number of esters is 2. The third kappa shape index (κ3) is 32.7. The molecule has 3 atom stereocenters. The molecule has 1 unspecified atom stereocenters. The molecule has 49 heavy (non-hydrogen) atoms. The number of ether oxygens (including phenoxy) is 2. The maximum atomic E-state index is 12.5. The zero-order chi connectivity index (χ0) is 36.4. The van der Waals surface area contributed by atoms with Gasteiger partial charge in [-0.15, -0.1) is 0 Å². The van der Waals surface area contributed by atoms with Crippen molar-refractivity contribution < 1.29 is 47.5 Å². The monoisotopic (exact) mass is 715 g/mol. The quantitative estimate of drug-likeness (QED) is 0.0251. The van der Waals surface area contributed by atoms with E-state index in [9.17, 15) is 23.8 Å². The second kappa shape index (κ2) is 32.9. The zero-order valence-electron chi connectivity index (χ0n) is 30.3. The summed E-state index contributed by atoms with van der Waals surface area (Å²) in [6.07, 6.45) is 32.3. The van der Waals surface area contributed by atoms with Crippen molar-refractivity contribution in [2.45, 2.75) is 161 Å². The van der Waals surface area contributed by atoms with E-state index in [2.05, 4.69) is 54.8 Å². The predicted molar refractivity (Wildman–Crippen MR) is 194 cm³/mol. The SMILES string of the molecule is CCCCC/C=C/C/C=C/C/C=C/CCCCC(=O)OC[C@@H](COP(=O)(O)OC[C@@H](N)C(=O)O)OC(=O)CCCCCCCCCCCC. The minimum absolute atomic E-state index is 0.154. The smallest absolute Gasteiger partial charge is 0.472 e. The molecule has 0 aromatic rings. The second-order valence-electron chi connectivity index (χ2n) is 12.4. The summed E-state index contributed by atoms with van der Waals surface area (Å²) in [4.78, 5) is 45.6. The van der Waals surface area contributed by atoms with Crippen LogP contribution in [0.15, 0.2) is 36.5 Å². The van der Waals surface area contributed by atoms with Crippen LogP contribution in [0.25, 0.3) is 0 Å². The lowest BCUT2D eigenvalue weighted by Gasteiger charge is -2.20. The van der Waals surface area contributed by atoms with E-state index in [1.54, 1.807) is 0 Å². The molecule has 0 amide bonds. The summed E-state index contributed by atoms with van der Waals surface area (Å²) in [6.45, 7) is 2.69. The van der Waals surface area contributed by atoms with Gasteiger partial charge < -0.3 is 25.2 Å². The third-order valence-electron chi connectivity index (χ3n) is 7.64. The van der Waals surface area contributed by atoms with Crippen molar-refractivity contribution in [3.63, 3.8) is 0 Å².